The lowest BCUT2D eigenvalue weighted by molar-refractivity contribution is -0.135. The fraction of sp³-hybridized carbons (Fsp3) is 0.600. The first-order valence-electron chi connectivity index (χ1n) is 7.24. The molecule has 1 aromatic rings. The number of hydrogen-bond donors (Lipinski definition) is 1. The van der Waals surface area contributed by atoms with Crippen LogP contribution < -0.4 is 5.32 Å². The Morgan fingerprint density at radius 1 is 1.42 bits per heavy atom. The normalized spacial score (nSPS) is 26.2. The fourth-order valence-corrected chi connectivity index (χ4v) is 3.30. The molecule has 0 saturated carbocycles. The largest absolute Gasteiger partial charge is 0.338 e. The second-order valence-corrected chi connectivity index (χ2v) is 5.54. The summed E-state index contributed by atoms with van der Waals surface area (Å²) < 4.78 is 0. The number of carbonyl (C=O) groups is 1. The van der Waals surface area contributed by atoms with Crippen molar-refractivity contribution in [2.45, 2.75) is 31.7 Å². The molecule has 2 aliphatic heterocycles. The number of nitrogens with zero attached hydrogens (tertiary/aromatic N) is 2. The topological polar surface area (TPSA) is 45.2 Å². The molecule has 2 fully saturated rings. The molecular weight excluding hydrogens is 238 g/mol. The number of fused-ring (bicyclic) bond motifs is 1. The summed E-state index contributed by atoms with van der Waals surface area (Å²) in [6.45, 7) is 2.98. The lowest BCUT2D eigenvalue weighted by Gasteiger charge is -2.37. The Bertz CT molecular complexity index is 434. The first-order chi connectivity index (χ1) is 9.34. The van der Waals surface area contributed by atoms with Crippen LogP contribution in [0.5, 0.6) is 0 Å². The predicted octanol–water partition coefficient (Wildman–Crippen LogP) is 1.22. The lowest BCUT2D eigenvalue weighted by atomic mass is 9.91. The van der Waals surface area contributed by atoms with Gasteiger partial charge in [-0.2, -0.15) is 0 Å². The third-order valence-corrected chi connectivity index (χ3v) is 4.32. The molecule has 1 aromatic heterocycles. The molecule has 1 amide bonds. The highest BCUT2D eigenvalue weighted by molar-refractivity contribution is 5.77. The van der Waals surface area contributed by atoms with Crippen LogP contribution in [0, 0.1) is 5.92 Å². The summed E-state index contributed by atoms with van der Waals surface area (Å²) in [5, 5.41) is 3.42. The lowest BCUT2D eigenvalue weighted by Crippen LogP contribution is -2.48. The van der Waals surface area contributed by atoms with Crippen molar-refractivity contribution in [2.75, 3.05) is 19.6 Å². The quantitative estimate of drug-likeness (QED) is 0.888. The van der Waals surface area contributed by atoms with E-state index in [1.807, 2.05) is 18.2 Å². The van der Waals surface area contributed by atoms with Gasteiger partial charge in [0, 0.05) is 44.0 Å². The number of rotatable bonds is 3. The molecule has 2 atom stereocenters. The molecule has 0 aliphatic carbocycles. The van der Waals surface area contributed by atoms with Gasteiger partial charge in [-0.05, 0) is 37.3 Å². The highest BCUT2D eigenvalue weighted by atomic mass is 16.2. The molecule has 0 spiro atoms. The van der Waals surface area contributed by atoms with Crippen LogP contribution in [-0.2, 0) is 11.2 Å². The second-order valence-electron chi connectivity index (χ2n) is 5.54. The highest BCUT2D eigenvalue weighted by Gasteiger charge is 2.36. The summed E-state index contributed by atoms with van der Waals surface area (Å²) in [5.74, 6) is 0.969. The van der Waals surface area contributed by atoms with E-state index in [0.717, 1.165) is 38.2 Å². The third kappa shape index (κ3) is 2.78. The van der Waals surface area contributed by atoms with Crippen molar-refractivity contribution in [3.63, 3.8) is 0 Å². The number of carbonyl (C=O) groups excluding carboxylic acids is 1. The second kappa shape index (κ2) is 5.70. The van der Waals surface area contributed by atoms with E-state index >= 15 is 0 Å². The van der Waals surface area contributed by atoms with E-state index in [1.165, 1.54) is 6.42 Å². The number of likely N-dealkylation sites (tertiary alicyclic amines) is 1. The summed E-state index contributed by atoms with van der Waals surface area (Å²) in [6.07, 6.45) is 5.54. The van der Waals surface area contributed by atoms with Crippen LogP contribution in [0.3, 0.4) is 0 Å². The van der Waals surface area contributed by atoms with Gasteiger partial charge in [0.2, 0.25) is 5.91 Å². The molecule has 19 heavy (non-hydrogen) atoms. The molecular formula is C15H21N3O. The average molecular weight is 259 g/mol. The molecule has 4 nitrogen and oxygen atoms in total. The number of aryl methyl sites for hydroxylation is 1. The van der Waals surface area contributed by atoms with Gasteiger partial charge < -0.3 is 10.2 Å². The standard InChI is InChI=1S/C15H21N3O/c19-15(7-6-13-5-1-2-8-17-13)18-9-3-4-12-10-16-11-14(12)18/h1-2,5,8,12,14,16H,3-4,6-7,9-11H2. The molecule has 0 bridgehead atoms. The zero-order chi connectivity index (χ0) is 13.1. The molecule has 102 valence electrons. The molecule has 0 aromatic carbocycles. The average Bonchev–Trinajstić information content (AvgIpc) is 2.94. The molecule has 2 aliphatic rings. The van der Waals surface area contributed by atoms with E-state index in [9.17, 15) is 4.79 Å². The monoisotopic (exact) mass is 259 g/mol. The Labute approximate surface area is 114 Å². The summed E-state index contributed by atoms with van der Waals surface area (Å²) >= 11 is 0. The summed E-state index contributed by atoms with van der Waals surface area (Å²) in [5.41, 5.74) is 1.01. The molecule has 0 radical (unpaired) electrons. The fourth-order valence-electron chi connectivity index (χ4n) is 3.30. The van der Waals surface area contributed by atoms with Gasteiger partial charge in [0.1, 0.15) is 0 Å². The van der Waals surface area contributed by atoms with Crippen molar-refractivity contribution in [1.82, 2.24) is 15.2 Å². The van der Waals surface area contributed by atoms with Gasteiger partial charge in [-0.1, -0.05) is 6.07 Å². The minimum Gasteiger partial charge on any atom is -0.338 e. The Morgan fingerprint density at radius 3 is 3.21 bits per heavy atom. The van der Waals surface area contributed by atoms with E-state index in [-0.39, 0.29) is 0 Å². The van der Waals surface area contributed by atoms with Crippen molar-refractivity contribution < 1.29 is 4.79 Å². The Morgan fingerprint density at radius 2 is 2.37 bits per heavy atom. The van der Waals surface area contributed by atoms with Gasteiger partial charge in [0.05, 0.1) is 0 Å². The van der Waals surface area contributed by atoms with Crippen molar-refractivity contribution in [1.29, 1.82) is 0 Å². The van der Waals surface area contributed by atoms with Crippen LogP contribution >= 0.6 is 0 Å². The maximum Gasteiger partial charge on any atom is 0.223 e. The predicted molar refractivity (Wildman–Crippen MR) is 73.7 cm³/mol. The van der Waals surface area contributed by atoms with Gasteiger partial charge >= 0.3 is 0 Å². The van der Waals surface area contributed by atoms with Crippen molar-refractivity contribution >= 4 is 5.91 Å². The van der Waals surface area contributed by atoms with Crippen LogP contribution in [0.25, 0.3) is 0 Å². The van der Waals surface area contributed by atoms with E-state index < -0.39 is 0 Å². The Hall–Kier alpha value is -1.42. The molecule has 3 rings (SSSR count). The summed E-state index contributed by atoms with van der Waals surface area (Å²) in [6, 6.07) is 6.31. The van der Waals surface area contributed by atoms with Crippen LogP contribution in [0.15, 0.2) is 24.4 Å². The molecule has 2 unspecified atom stereocenters. The summed E-state index contributed by atoms with van der Waals surface area (Å²) in [4.78, 5) is 18.8. The molecule has 2 saturated heterocycles. The van der Waals surface area contributed by atoms with Gasteiger partial charge in [-0.25, -0.2) is 0 Å². The maximum atomic E-state index is 12.4. The van der Waals surface area contributed by atoms with E-state index in [0.29, 0.717) is 24.3 Å². The van der Waals surface area contributed by atoms with Crippen LogP contribution in [-0.4, -0.2) is 41.5 Å². The minimum absolute atomic E-state index is 0.295. The van der Waals surface area contributed by atoms with Crippen LogP contribution in [0.2, 0.25) is 0 Å². The van der Waals surface area contributed by atoms with Crippen molar-refractivity contribution in [2.24, 2.45) is 5.92 Å². The van der Waals surface area contributed by atoms with Gasteiger partial charge in [-0.15, -0.1) is 0 Å². The molecule has 3 heterocycles. The van der Waals surface area contributed by atoms with Gasteiger partial charge in [0.25, 0.3) is 0 Å². The highest BCUT2D eigenvalue weighted by Crippen LogP contribution is 2.26. The maximum absolute atomic E-state index is 12.4. The summed E-state index contributed by atoms with van der Waals surface area (Å²) in [7, 11) is 0. The van der Waals surface area contributed by atoms with E-state index in [2.05, 4.69) is 15.2 Å². The molecule has 1 N–H and O–H groups in total. The number of aromatic nitrogens is 1. The Kier molecular flexibility index (Phi) is 3.78. The van der Waals surface area contributed by atoms with Gasteiger partial charge in [0.15, 0.2) is 0 Å². The SMILES string of the molecule is O=C(CCc1ccccn1)N1CCCC2CNCC21. The Balaban J connectivity index is 1.57. The third-order valence-electron chi connectivity index (χ3n) is 4.32. The van der Waals surface area contributed by atoms with E-state index in [1.54, 1.807) is 6.20 Å². The number of amides is 1. The van der Waals surface area contributed by atoms with E-state index in [4.69, 9.17) is 0 Å². The number of piperidine rings is 1. The minimum atomic E-state index is 0.295. The van der Waals surface area contributed by atoms with Gasteiger partial charge in [-0.3, -0.25) is 9.78 Å². The number of hydrogen-bond acceptors (Lipinski definition) is 3. The zero-order valence-electron chi connectivity index (χ0n) is 11.2. The van der Waals surface area contributed by atoms with Crippen LogP contribution in [0.4, 0.5) is 0 Å². The van der Waals surface area contributed by atoms with Crippen molar-refractivity contribution in [3.8, 4) is 0 Å². The number of pyridine rings is 1. The van der Waals surface area contributed by atoms with Crippen molar-refractivity contribution in [3.05, 3.63) is 30.1 Å². The zero-order valence-corrected chi connectivity index (χ0v) is 11.2. The smallest absolute Gasteiger partial charge is 0.223 e. The number of nitrogens with one attached hydrogen (secondary N) is 1. The first kappa shape index (κ1) is 12.6. The first-order valence-corrected chi connectivity index (χ1v) is 7.24. The van der Waals surface area contributed by atoms with Crippen LogP contribution in [0.1, 0.15) is 25.0 Å². The molecule has 4 heteroatoms.